The Labute approximate surface area is 239 Å². The molecule has 2 aromatic rings. The maximum absolute atomic E-state index is 13.5. The summed E-state index contributed by atoms with van der Waals surface area (Å²) in [4.78, 5) is 66.8. The van der Waals surface area contributed by atoms with Crippen molar-refractivity contribution < 1.29 is 44.4 Å². The fourth-order valence-electron chi connectivity index (χ4n) is 4.87. The number of aromatic hydroxyl groups is 2. The Morgan fingerprint density at radius 3 is 2.37 bits per heavy atom. The van der Waals surface area contributed by atoms with Crippen LogP contribution in [-0.2, 0) is 14.4 Å². The average molecular weight is 587 g/mol. The van der Waals surface area contributed by atoms with Gasteiger partial charge in [-0.25, -0.2) is 9.59 Å². The molecule has 0 bridgehead atoms. The highest BCUT2D eigenvalue weighted by molar-refractivity contribution is 8.01. The second kappa shape index (κ2) is 11.7. The van der Waals surface area contributed by atoms with E-state index in [9.17, 15) is 44.4 Å². The van der Waals surface area contributed by atoms with Gasteiger partial charge < -0.3 is 36.0 Å². The first-order valence-electron chi connectivity index (χ1n) is 12.7. The van der Waals surface area contributed by atoms with Gasteiger partial charge in [-0.15, -0.1) is 11.8 Å². The molecule has 6 N–H and O–H groups in total. The van der Waals surface area contributed by atoms with Crippen molar-refractivity contribution in [2.24, 2.45) is 0 Å². The van der Waals surface area contributed by atoms with Crippen LogP contribution in [0.2, 0.25) is 0 Å². The van der Waals surface area contributed by atoms with Crippen LogP contribution in [0.25, 0.3) is 0 Å². The third kappa shape index (κ3) is 5.79. The Bertz CT molecular complexity index is 1370. The zero-order valence-corrected chi connectivity index (χ0v) is 23.0. The number of nitrogens with one attached hydrogen (secondary N) is 2. The minimum atomic E-state index is -1.35. The Morgan fingerprint density at radius 2 is 1.76 bits per heavy atom. The normalized spacial score (nSPS) is 21.3. The number of thioether (sulfide) groups is 1. The summed E-state index contributed by atoms with van der Waals surface area (Å²) in [7, 11) is 0. The van der Waals surface area contributed by atoms with Gasteiger partial charge in [-0.05, 0) is 44.0 Å². The molecule has 0 aliphatic carbocycles. The molecule has 4 atom stereocenters. The van der Waals surface area contributed by atoms with Crippen molar-refractivity contribution in [3.63, 3.8) is 0 Å². The van der Waals surface area contributed by atoms with Crippen molar-refractivity contribution in [1.82, 2.24) is 20.4 Å². The Balaban J connectivity index is 1.56. The van der Waals surface area contributed by atoms with Gasteiger partial charge in [-0.3, -0.25) is 19.3 Å². The number of aliphatic carboxylic acids is 1. The molecule has 41 heavy (non-hydrogen) atoms. The van der Waals surface area contributed by atoms with Gasteiger partial charge in [0.05, 0.1) is 0 Å². The van der Waals surface area contributed by atoms with Gasteiger partial charge in [0.1, 0.15) is 23.5 Å². The number of aliphatic hydroxyl groups excluding tert-OH is 1. The number of aliphatic hydroxyl groups is 1. The van der Waals surface area contributed by atoms with E-state index in [2.05, 4.69) is 10.6 Å². The van der Waals surface area contributed by atoms with Crippen molar-refractivity contribution in [1.29, 1.82) is 0 Å². The molecule has 1 unspecified atom stereocenters. The zero-order valence-electron chi connectivity index (χ0n) is 22.2. The van der Waals surface area contributed by atoms with Crippen molar-refractivity contribution in [3.05, 3.63) is 59.7 Å². The number of phenolic OH excluding ortho intramolecular Hbond substituents is 2. The number of hydrogen-bond donors (Lipinski definition) is 6. The summed E-state index contributed by atoms with van der Waals surface area (Å²) in [5.41, 5.74) is 0.227. The van der Waals surface area contributed by atoms with E-state index in [-0.39, 0.29) is 25.1 Å². The number of urea groups is 1. The number of carboxylic acid groups (broad SMARTS) is 1. The van der Waals surface area contributed by atoms with E-state index < -0.39 is 69.5 Å². The van der Waals surface area contributed by atoms with E-state index in [1.54, 1.807) is 44.2 Å². The molecule has 2 aliphatic heterocycles. The van der Waals surface area contributed by atoms with Gasteiger partial charge in [0.15, 0.2) is 11.5 Å². The molecule has 0 aromatic heterocycles. The molecular formula is C27H30N4O9S. The fraction of sp³-hybridized carbons (Fsp3) is 0.370. The quantitative estimate of drug-likeness (QED) is 0.182. The second-order valence-electron chi connectivity index (χ2n) is 10.1. The van der Waals surface area contributed by atoms with E-state index in [0.717, 1.165) is 17.0 Å². The summed E-state index contributed by atoms with van der Waals surface area (Å²) in [5.74, 6) is -4.34. The van der Waals surface area contributed by atoms with Crippen LogP contribution >= 0.6 is 11.8 Å². The van der Waals surface area contributed by atoms with Crippen molar-refractivity contribution in [2.45, 2.75) is 48.5 Å². The van der Waals surface area contributed by atoms with E-state index in [0.29, 0.717) is 5.56 Å². The summed E-state index contributed by atoms with van der Waals surface area (Å²) >= 11 is 1.25. The van der Waals surface area contributed by atoms with Crippen LogP contribution < -0.4 is 10.6 Å². The molecule has 5 amide bonds. The topological polar surface area (TPSA) is 197 Å². The van der Waals surface area contributed by atoms with Crippen molar-refractivity contribution in [2.75, 3.05) is 13.2 Å². The zero-order chi connectivity index (χ0) is 30.1. The van der Waals surface area contributed by atoms with Crippen LogP contribution in [0.15, 0.2) is 48.5 Å². The molecule has 2 saturated heterocycles. The number of fused-ring (bicyclic) bond motifs is 1. The lowest BCUT2D eigenvalue weighted by atomic mass is 9.95. The molecule has 0 radical (unpaired) electrons. The smallest absolute Gasteiger partial charge is 0.327 e. The minimum absolute atomic E-state index is 0.0251. The summed E-state index contributed by atoms with van der Waals surface area (Å²) in [6, 6.07) is 6.98. The fourth-order valence-corrected chi connectivity index (χ4v) is 6.49. The number of β-lactam (4-membered cyclic amide) rings is 1. The van der Waals surface area contributed by atoms with Crippen LogP contribution in [0.1, 0.15) is 42.2 Å². The third-order valence-corrected chi connectivity index (χ3v) is 8.46. The number of imide groups is 1. The first kappa shape index (κ1) is 29.7. The molecule has 2 heterocycles. The van der Waals surface area contributed by atoms with E-state index >= 15 is 0 Å². The molecule has 2 fully saturated rings. The van der Waals surface area contributed by atoms with Crippen LogP contribution in [0.4, 0.5) is 4.79 Å². The number of carboxylic acids is 1. The summed E-state index contributed by atoms with van der Waals surface area (Å²) in [5, 5.41) is 42.9. The molecule has 0 saturated carbocycles. The maximum Gasteiger partial charge on any atom is 0.327 e. The lowest BCUT2D eigenvalue weighted by molar-refractivity contribution is -0.161. The molecule has 2 aromatic carbocycles. The molecule has 4 rings (SSSR count). The van der Waals surface area contributed by atoms with Crippen LogP contribution in [-0.4, -0.2) is 95.3 Å². The Morgan fingerprint density at radius 1 is 1.07 bits per heavy atom. The van der Waals surface area contributed by atoms with E-state index in [1.807, 2.05) is 0 Å². The first-order chi connectivity index (χ1) is 19.4. The average Bonchev–Trinajstić information content (AvgIpc) is 3.20. The first-order valence-corrected chi connectivity index (χ1v) is 13.6. The predicted octanol–water partition coefficient (Wildman–Crippen LogP) is 1.00. The van der Waals surface area contributed by atoms with Gasteiger partial charge in [0.25, 0.3) is 5.91 Å². The summed E-state index contributed by atoms with van der Waals surface area (Å²) in [6.45, 7) is 2.85. The highest BCUT2D eigenvalue weighted by Crippen LogP contribution is 2.50. The number of benzene rings is 2. The Hall–Kier alpha value is -4.30. The number of phenols is 2. The molecule has 218 valence electrons. The molecule has 0 spiro atoms. The van der Waals surface area contributed by atoms with Gasteiger partial charge in [-0.2, -0.15) is 0 Å². The van der Waals surface area contributed by atoms with Gasteiger partial charge in [0, 0.05) is 23.5 Å². The lowest BCUT2D eigenvalue weighted by Crippen LogP contribution is -2.71. The van der Waals surface area contributed by atoms with Gasteiger partial charge >= 0.3 is 12.0 Å². The molecule has 14 heteroatoms. The molecule has 2 aliphatic rings. The highest BCUT2D eigenvalue weighted by Gasteiger charge is 2.64. The predicted molar refractivity (Wildman–Crippen MR) is 146 cm³/mol. The van der Waals surface area contributed by atoms with Crippen LogP contribution in [0.5, 0.6) is 11.5 Å². The van der Waals surface area contributed by atoms with E-state index in [4.69, 9.17) is 0 Å². The minimum Gasteiger partial charge on any atom is -0.504 e. The number of amides is 5. The monoisotopic (exact) mass is 586 g/mol. The number of carbonyl (C=O) groups is 5. The van der Waals surface area contributed by atoms with Gasteiger partial charge in [-0.1, -0.05) is 30.3 Å². The standard InChI is InChI=1S/C27H30N4O9S/c1-27(2)20(25(38)39)31-23(37)19(24(31)41-27)28-21(35)18(14-7-4-3-5-8-14)29-26(40)30(11-6-12-32)22(36)15-9-10-16(33)17(34)13-15/h3-5,7-10,13,18-20,24,32-34H,6,11-12H2,1-2H3,(H,28,35)(H,29,40)(H,38,39)/t18?,19-,20+,24-/m1/s1. The van der Waals surface area contributed by atoms with E-state index in [1.165, 1.54) is 22.7 Å². The SMILES string of the molecule is CC1(C)S[C@@H]2[C@H](NC(=O)C(NC(=O)N(CCCO)C(=O)c3ccc(O)c(O)c3)c3ccccc3)C(=O)N2[C@H]1C(=O)O. The number of rotatable bonds is 9. The number of carbonyl (C=O) groups excluding carboxylic acids is 4. The van der Waals surface area contributed by atoms with Gasteiger partial charge in [0.2, 0.25) is 11.8 Å². The summed E-state index contributed by atoms with van der Waals surface area (Å²) in [6.07, 6.45) is 0.0251. The van der Waals surface area contributed by atoms with Crippen LogP contribution in [0.3, 0.4) is 0 Å². The van der Waals surface area contributed by atoms with Crippen molar-refractivity contribution >= 4 is 41.5 Å². The Kier molecular flexibility index (Phi) is 8.44. The second-order valence-corrected chi connectivity index (χ2v) is 11.9. The maximum atomic E-state index is 13.5. The van der Waals surface area contributed by atoms with Crippen molar-refractivity contribution in [3.8, 4) is 11.5 Å². The summed E-state index contributed by atoms with van der Waals surface area (Å²) < 4.78 is -0.797. The van der Waals surface area contributed by atoms with Crippen LogP contribution in [0, 0.1) is 0 Å². The number of hydrogen-bond acceptors (Lipinski definition) is 9. The lowest BCUT2D eigenvalue weighted by Gasteiger charge is -2.44. The largest absolute Gasteiger partial charge is 0.504 e. The molecule has 13 nitrogen and oxygen atoms in total. The molecular weight excluding hydrogens is 556 g/mol. The number of nitrogens with zero attached hydrogens (tertiary/aromatic N) is 2. The highest BCUT2D eigenvalue weighted by atomic mass is 32.2. The third-order valence-electron chi connectivity index (χ3n) is 6.89.